The number of nitrogens with one attached hydrogen (secondary N) is 2. The third kappa shape index (κ3) is 4.52. The molecular formula is C12H22N2O4. The molecule has 0 bridgehead atoms. The third-order valence-electron chi connectivity index (χ3n) is 3.57. The van der Waals surface area contributed by atoms with Gasteiger partial charge in [0.2, 0.25) is 0 Å². The molecule has 1 saturated carbocycles. The Balaban J connectivity index is 2.15. The SMILES string of the molecule is CC1CCCC1(O)CNC(=O)NCCCC(=O)O. The minimum absolute atomic E-state index is 0.0429. The summed E-state index contributed by atoms with van der Waals surface area (Å²) in [4.78, 5) is 21.7. The molecule has 18 heavy (non-hydrogen) atoms. The second kappa shape index (κ2) is 6.58. The number of urea groups is 1. The number of aliphatic carboxylic acids is 1. The number of carboxylic acids is 1. The lowest BCUT2D eigenvalue weighted by Crippen LogP contribution is -2.47. The molecule has 1 fully saturated rings. The number of rotatable bonds is 6. The minimum atomic E-state index is -0.869. The third-order valence-corrected chi connectivity index (χ3v) is 3.57. The molecule has 0 aromatic rings. The Morgan fingerprint density at radius 2 is 2.11 bits per heavy atom. The maximum Gasteiger partial charge on any atom is 0.314 e. The Morgan fingerprint density at radius 3 is 2.67 bits per heavy atom. The van der Waals surface area contributed by atoms with Crippen molar-refractivity contribution in [3.63, 3.8) is 0 Å². The Kier molecular flexibility index (Phi) is 5.40. The van der Waals surface area contributed by atoms with Crippen LogP contribution in [0.4, 0.5) is 4.79 Å². The van der Waals surface area contributed by atoms with Gasteiger partial charge >= 0.3 is 12.0 Å². The van der Waals surface area contributed by atoms with Gasteiger partial charge < -0.3 is 20.8 Å². The van der Waals surface area contributed by atoms with Crippen molar-refractivity contribution in [3.8, 4) is 0 Å². The largest absolute Gasteiger partial charge is 0.481 e. The van der Waals surface area contributed by atoms with E-state index < -0.39 is 11.6 Å². The molecule has 1 aliphatic rings. The van der Waals surface area contributed by atoms with Gasteiger partial charge in [-0.05, 0) is 25.2 Å². The van der Waals surface area contributed by atoms with Crippen LogP contribution in [-0.4, -0.2) is 40.9 Å². The van der Waals surface area contributed by atoms with E-state index >= 15 is 0 Å². The van der Waals surface area contributed by atoms with Crippen LogP contribution in [0.5, 0.6) is 0 Å². The maximum absolute atomic E-state index is 11.4. The lowest BCUT2D eigenvalue weighted by Gasteiger charge is -2.27. The van der Waals surface area contributed by atoms with Crippen LogP contribution in [0.1, 0.15) is 39.0 Å². The molecule has 4 N–H and O–H groups in total. The predicted molar refractivity (Wildman–Crippen MR) is 66.2 cm³/mol. The van der Waals surface area contributed by atoms with E-state index in [0.717, 1.165) is 12.8 Å². The van der Waals surface area contributed by atoms with Gasteiger partial charge in [-0.15, -0.1) is 0 Å². The fourth-order valence-corrected chi connectivity index (χ4v) is 2.23. The highest BCUT2D eigenvalue weighted by molar-refractivity contribution is 5.74. The van der Waals surface area contributed by atoms with Gasteiger partial charge in [0.25, 0.3) is 0 Å². The second-order valence-corrected chi connectivity index (χ2v) is 5.00. The van der Waals surface area contributed by atoms with Crippen LogP contribution in [0.3, 0.4) is 0 Å². The zero-order chi connectivity index (χ0) is 13.6. The monoisotopic (exact) mass is 258 g/mol. The van der Waals surface area contributed by atoms with Crippen molar-refractivity contribution in [1.82, 2.24) is 10.6 Å². The summed E-state index contributed by atoms with van der Waals surface area (Å²) in [5.74, 6) is -0.670. The molecule has 1 aliphatic carbocycles. The van der Waals surface area contributed by atoms with Crippen molar-refractivity contribution < 1.29 is 19.8 Å². The lowest BCUT2D eigenvalue weighted by molar-refractivity contribution is -0.137. The van der Waals surface area contributed by atoms with E-state index in [4.69, 9.17) is 5.11 Å². The number of carbonyl (C=O) groups is 2. The molecule has 6 nitrogen and oxygen atoms in total. The van der Waals surface area contributed by atoms with Crippen molar-refractivity contribution >= 4 is 12.0 Å². The highest BCUT2D eigenvalue weighted by atomic mass is 16.4. The first kappa shape index (κ1) is 14.8. The van der Waals surface area contributed by atoms with Gasteiger partial charge in [-0.2, -0.15) is 0 Å². The van der Waals surface area contributed by atoms with E-state index in [9.17, 15) is 14.7 Å². The summed E-state index contributed by atoms with van der Waals surface area (Å²) in [6.45, 7) is 2.56. The summed E-state index contributed by atoms with van der Waals surface area (Å²) in [5, 5.41) is 23.9. The number of carbonyl (C=O) groups excluding carboxylic acids is 1. The van der Waals surface area contributed by atoms with Gasteiger partial charge in [0.1, 0.15) is 0 Å². The zero-order valence-electron chi connectivity index (χ0n) is 10.7. The van der Waals surface area contributed by atoms with Crippen LogP contribution >= 0.6 is 0 Å². The van der Waals surface area contributed by atoms with Crippen molar-refractivity contribution in [2.24, 2.45) is 5.92 Å². The Bertz CT molecular complexity index is 308. The van der Waals surface area contributed by atoms with Gasteiger partial charge in [0.15, 0.2) is 0 Å². The lowest BCUT2D eigenvalue weighted by atomic mass is 9.92. The molecule has 0 aromatic carbocycles. The quantitative estimate of drug-likeness (QED) is 0.527. The summed E-state index contributed by atoms with van der Waals surface area (Å²) in [5.41, 5.74) is -0.793. The fraction of sp³-hybridized carbons (Fsp3) is 0.833. The second-order valence-electron chi connectivity index (χ2n) is 5.00. The number of carboxylic acid groups (broad SMARTS) is 1. The van der Waals surface area contributed by atoms with E-state index in [0.29, 0.717) is 19.4 Å². The highest BCUT2D eigenvalue weighted by Gasteiger charge is 2.38. The standard InChI is InChI=1S/C12H22N2O4/c1-9-4-2-6-12(9,18)8-14-11(17)13-7-3-5-10(15)16/h9,18H,2-8H2,1H3,(H,15,16)(H2,13,14,17). The van der Waals surface area contributed by atoms with Crippen molar-refractivity contribution in [1.29, 1.82) is 0 Å². The first-order valence-corrected chi connectivity index (χ1v) is 6.40. The summed E-state index contributed by atoms with van der Waals surface area (Å²) < 4.78 is 0. The summed E-state index contributed by atoms with van der Waals surface area (Å²) in [6.07, 6.45) is 3.14. The van der Waals surface area contributed by atoms with Crippen molar-refractivity contribution in [2.45, 2.75) is 44.6 Å². The molecule has 6 heteroatoms. The van der Waals surface area contributed by atoms with Crippen LogP contribution < -0.4 is 10.6 Å². The van der Waals surface area contributed by atoms with Gasteiger partial charge in [-0.25, -0.2) is 4.79 Å². The van der Waals surface area contributed by atoms with Crippen molar-refractivity contribution in [2.75, 3.05) is 13.1 Å². The molecule has 0 radical (unpaired) electrons. The number of amides is 2. The highest BCUT2D eigenvalue weighted by Crippen LogP contribution is 2.34. The van der Waals surface area contributed by atoms with Crippen LogP contribution in [0.15, 0.2) is 0 Å². The molecule has 1 rings (SSSR count). The fourth-order valence-electron chi connectivity index (χ4n) is 2.23. The Hall–Kier alpha value is -1.30. The molecule has 2 unspecified atom stereocenters. The van der Waals surface area contributed by atoms with Gasteiger partial charge in [-0.1, -0.05) is 13.3 Å². The van der Waals surface area contributed by atoms with Gasteiger partial charge in [-0.3, -0.25) is 4.79 Å². The number of hydrogen-bond acceptors (Lipinski definition) is 3. The van der Waals surface area contributed by atoms with Crippen LogP contribution in [-0.2, 0) is 4.79 Å². The first-order valence-electron chi connectivity index (χ1n) is 6.40. The predicted octanol–water partition coefficient (Wildman–Crippen LogP) is 0.701. The topological polar surface area (TPSA) is 98.7 Å². The van der Waals surface area contributed by atoms with E-state index in [1.165, 1.54) is 0 Å². The van der Waals surface area contributed by atoms with E-state index in [1.807, 2.05) is 6.92 Å². The van der Waals surface area contributed by atoms with Crippen molar-refractivity contribution in [3.05, 3.63) is 0 Å². The average Bonchev–Trinajstić information content (AvgIpc) is 2.63. The number of aliphatic hydroxyl groups is 1. The minimum Gasteiger partial charge on any atom is -0.481 e. The summed E-state index contributed by atoms with van der Waals surface area (Å²) in [6, 6.07) is -0.354. The molecule has 0 spiro atoms. The maximum atomic E-state index is 11.4. The molecule has 0 aromatic heterocycles. The molecule has 0 heterocycles. The van der Waals surface area contributed by atoms with Gasteiger partial charge in [0, 0.05) is 19.5 Å². The Morgan fingerprint density at radius 1 is 1.39 bits per heavy atom. The molecule has 0 aliphatic heterocycles. The summed E-state index contributed by atoms with van der Waals surface area (Å²) >= 11 is 0. The average molecular weight is 258 g/mol. The summed E-state index contributed by atoms with van der Waals surface area (Å²) in [7, 11) is 0. The van der Waals surface area contributed by atoms with Crippen LogP contribution in [0, 0.1) is 5.92 Å². The van der Waals surface area contributed by atoms with Gasteiger partial charge in [0.05, 0.1) is 5.60 Å². The van der Waals surface area contributed by atoms with Crippen LogP contribution in [0.25, 0.3) is 0 Å². The number of hydrogen-bond donors (Lipinski definition) is 4. The normalized spacial score (nSPS) is 26.9. The first-order chi connectivity index (χ1) is 8.44. The molecule has 0 saturated heterocycles. The molecule has 2 atom stereocenters. The van der Waals surface area contributed by atoms with E-state index in [2.05, 4.69) is 10.6 Å². The smallest absolute Gasteiger partial charge is 0.314 e. The molecule has 104 valence electrons. The zero-order valence-corrected chi connectivity index (χ0v) is 10.7. The van der Waals surface area contributed by atoms with E-state index in [-0.39, 0.29) is 24.9 Å². The van der Waals surface area contributed by atoms with E-state index in [1.54, 1.807) is 0 Å². The molecule has 2 amide bonds. The van der Waals surface area contributed by atoms with Crippen LogP contribution in [0.2, 0.25) is 0 Å². The Labute approximate surface area is 107 Å². The molecular weight excluding hydrogens is 236 g/mol.